The van der Waals surface area contributed by atoms with Gasteiger partial charge in [-0.15, -0.1) is 0 Å². The molecule has 1 saturated heterocycles. The Labute approximate surface area is 188 Å². The fraction of sp³-hybridized carbons (Fsp3) is 0.476. The molecule has 2 amide bonds. The number of rotatable bonds is 5. The Hall–Kier alpha value is -2.76. The third kappa shape index (κ3) is 4.69. The van der Waals surface area contributed by atoms with E-state index in [9.17, 15) is 13.2 Å². The lowest BCUT2D eigenvalue weighted by Gasteiger charge is -2.35. The van der Waals surface area contributed by atoms with E-state index < -0.39 is 10.0 Å². The third-order valence-corrected chi connectivity index (χ3v) is 6.77. The maximum absolute atomic E-state index is 12.2. The van der Waals surface area contributed by atoms with Crippen LogP contribution in [0.4, 0.5) is 16.3 Å². The predicted molar refractivity (Wildman–Crippen MR) is 122 cm³/mol. The van der Waals surface area contributed by atoms with Crippen LogP contribution >= 0.6 is 0 Å². The second-order valence-electron chi connectivity index (χ2n) is 8.01. The van der Waals surface area contributed by atoms with Crippen LogP contribution in [0.5, 0.6) is 0 Å². The number of hydrogen-bond acceptors (Lipinski definition) is 7. The second-order valence-corrected chi connectivity index (χ2v) is 9.99. The van der Waals surface area contributed by atoms with E-state index in [1.807, 2.05) is 19.1 Å². The summed E-state index contributed by atoms with van der Waals surface area (Å²) in [6, 6.07) is 7.13. The molecule has 1 aromatic heterocycles. The van der Waals surface area contributed by atoms with Crippen molar-refractivity contribution in [2.24, 2.45) is 0 Å². The zero-order valence-electron chi connectivity index (χ0n) is 18.5. The van der Waals surface area contributed by atoms with Crippen LogP contribution in [0.1, 0.15) is 25.1 Å². The molecule has 2 aliphatic rings. The van der Waals surface area contributed by atoms with Crippen molar-refractivity contribution < 1.29 is 17.9 Å². The first kappa shape index (κ1) is 22.4. The Bertz CT molecular complexity index is 1110. The number of morpholine rings is 1. The van der Waals surface area contributed by atoms with Crippen LogP contribution in [0.25, 0.3) is 11.4 Å². The number of fused-ring (bicyclic) bond motifs is 1. The number of anilines is 2. The highest BCUT2D eigenvalue weighted by Crippen LogP contribution is 2.34. The lowest BCUT2D eigenvalue weighted by molar-refractivity contribution is 0.0984. The number of urea groups is 1. The first-order valence-corrected chi connectivity index (χ1v) is 12.5. The van der Waals surface area contributed by atoms with Gasteiger partial charge in [0.05, 0.1) is 37.8 Å². The number of nitrogens with one attached hydrogen (secondary N) is 2. The molecule has 1 atom stereocenters. The summed E-state index contributed by atoms with van der Waals surface area (Å²) in [5.74, 6) is 1.29. The molecule has 10 nitrogen and oxygen atoms in total. The van der Waals surface area contributed by atoms with Crippen LogP contribution in [0.3, 0.4) is 0 Å². The molecule has 0 radical (unpaired) electrons. The number of hydrogen-bond donors (Lipinski definition) is 2. The van der Waals surface area contributed by atoms with Gasteiger partial charge in [-0.05, 0) is 38.1 Å². The van der Waals surface area contributed by atoms with E-state index >= 15 is 0 Å². The Morgan fingerprint density at radius 2 is 1.97 bits per heavy atom. The summed E-state index contributed by atoms with van der Waals surface area (Å²) in [4.78, 5) is 23.5. The van der Waals surface area contributed by atoms with Gasteiger partial charge in [-0.2, -0.15) is 4.31 Å². The fourth-order valence-corrected chi connectivity index (χ4v) is 4.61. The number of amides is 2. The van der Waals surface area contributed by atoms with Gasteiger partial charge in [0, 0.05) is 36.4 Å². The Balaban J connectivity index is 1.69. The highest BCUT2D eigenvalue weighted by Gasteiger charge is 2.34. The molecular weight excluding hydrogens is 432 g/mol. The predicted octanol–water partition coefficient (Wildman–Crippen LogP) is 1.79. The Kier molecular flexibility index (Phi) is 6.31. The standard InChI is InChI=1S/C21H28N6O4S/c1-4-22-21(28)23-16-7-5-15(6-8-16)19-24-18-12-26(32(3,29)30)11-17(18)20(25-19)27-9-10-31-13-14(27)2/h5-8,14H,4,9-13H2,1-3H3,(H2,22,23,28)/t14-/m1/s1. The van der Waals surface area contributed by atoms with Crippen molar-refractivity contribution in [2.45, 2.75) is 33.0 Å². The number of ether oxygens (including phenoxy) is 1. The smallest absolute Gasteiger partial charge is 0.319 e. The molecule has 32 heavy (non-hydrogen) atoms. The SMILES string of the molecule is CCNC(=O)Nc1ccc(-c2nc3c(c(N4CCOC[C@H]4C)n2)CN(S(C)(=O)=O)C3)cc1. The van der Waals surface area contributed by atoms with Crippen molar-refractivity contribution in [2.75, 3.05) is 42.8 Å². The van der Waals surface area contributed by atoms with Crippen molar-refractivity contribution in [1.82, 2.24) is 19.6 Å². The van der Waals surface area contributed by atoms with E-state index in [-0.39, 0.29) is 25.2 Å². The zero-order valence-corrected chi connectivity index (χ0v) is 19.3. The van der Waals surface area contributed by atoms with Crippen molar-refractivity contribution in [3.05, 3.63) is 35.5 Å². The van der Waals surface area contributed by atoms with Crippen molar-refractivity contribution in [1.29, 1.82) is 0 Å². The average molecular weight is 461 g/mol. The van der Waals surface area contributed by atoms with E-state index in [1.54, 1.807) is 12.1 Å². The van der Waals surface area contributed by atoms with E-state index in [2.05, 4.69) is 22.5 Å². The van der Waals surface area contributed by atoms with Crippen LogP contribution in [-0.4, -0.2) is 67.3 Å². The summed E-state index contributed by atoms with van der Waals surface area (Å²) in [5.41, 5.74) is 3.02. The van der Waals surface area contributed by atoms with Crippen LogP contribution in [0.15, 0.2) is 24.3 Å². The second kappa shape index (κ2) is 9.00. The van der Waals surface area contributed by atoms with Gasteiger partial charge in [0.2, 0.25) is 10.0 Å². The lowest BCUT2D eigenvalue weighted by Crippen LogP contribution is -2.44. The van der Waals surface area contributed by atoms with Gasteiger partial charge in [0.25, 0.3) is 0 Å². The van der Waals surface area contributed by atoms with Gasteiger partial charge in [0.15, 0.2) is 5.82 Å². The molecule has 0 bridgehead atoms. The van der Waals surface area contributed by atoms with Gasteiger partial charge < -0.3 is 20.3 Å². The van der Waals surface area contributed by atoms with Crippen LogP contribution in [0.2, 0.25) is 0 Å². The lowest BCUT2D eigenvalue weighted by atomic mass is 10.1. The van der Waals surface area contributed by atoms with Crippen LogP contribution in [0, 0.1) is 0 Å². The minimum Gasteiger partial charge on any atom is -0.377 e. The number of carbonyl (C=O) groups excluding carboxylic acids is 1. The molecule has 0 saturated carbocycles. The average Bonchev–Trinajstić information content (AvgIpc) is 3.19. The summed E-state index contributed by atoms with van der Waals surface area (Å²) in [6.07, 6.45) is 1.21. The van der Waals surface area contributed by atoms with Crippen LogP contribution < -0.4 is 15.5 Å². The summed E-state index contributed by atoms with van der Waals surface area (Å²) in [5, 5.41) is 5.46. The molecule has 2 N–H and O–H groups in total. The monoisotopic (exact) mass is 460 g/mol. The fourth-order valence-electron chi connectivity index (χ4n) is 3.89. The minimum absolute atomic E-state index is 0.117. The van der Waals surface area contributed by atoms with E-state index in [0.717, 1.165) is 22.6 Å². The maximum Gasteiger partial charge on any atom is 0.319 e. The molecule has 2 aromatic rings. The van der Waals surface area contributed by atoms with Crippen molar-refractivity contribution in [3.63, 3.8) is 0 Å². The molecule has 0 aliphatic carbocycles. The number of carbonyl (C=O) groups is 1. The maximum atomic E-state index is 12.2. The summed E-state index contributed by atoms with van der Waals surface area (Å²) in [7, 11) is -3.35. The first-order chi connectivity index (χ1) is 15.3. The van der Waals surface area contributed by atoms with Gasteiger partial charge in [-0.3, -0.25) is 0 Å². The number of benzene rings is 1. The Morgan fingerprint density at radius 1 is 1.22 bits per heavy atom. The molecule has 3 heterocycles. The highest BCUT2D eigenvalue weighted by atomic mass is 32.2. The molecule has 1 aromatic carbocycles. The van der Waals surface area contributed by atoms with Crippen molar-refractivity contribution in [3.8, 4) is 11.4 Å². The molecular formula is C21H28N6O4S. The summed E-state index contributed by atoms with van der Waals surface area (Å²) in [6.45, 7) is 6.82. The summed E-state index contributed by atoms with van der Waals surface area (Å²) >= 11 is 0. The molecule has 0 spiro atoms. The van der Waals surface area contributed by atoms with Gasteiger partial charge in [-0.1, -0.05) is 0 Å². The molecule has 172 valence electrons. The molecule has 2 aliphatic heterocycles. The van der Waals surface area contributed by atoms with Gasteiger partial charge in [-0.25, -0.2) is 23.2 Å². The van der Waals surface area contributed by atoms with E-state index in [0.29, 0.717) is 37.8 Å². The van der Waals surface area contributed by atoms with E-state index in [4.69, 9.17) is 14.7 Å². The van der Waals surface area contributed by atoms with Crippen molar-refractivity contribution >= 4 is 27.6 Å². The Morgan fingerprint density at radius 3 is 2.62 bits per heavy atom. The number of nitrogens with zero attached hydrogens (tertiary/aromatic N) is 4. The first-order valence-electron chi connectivity index (χ1n) is 10.6. The van der Waals surface area contributed by atoms with Gasteiger partial charge in [0.1, 0.15) is 5.82 Å². The summed E-state index contributed by atoms with van der Waals surface area (Å²) < 4.78 is 31.4. The molecule has 1 fully saturated rings. The largest absolute Gasteiger partial charge is 0.377 e. The topological polar surface area (TPSA) is 117 Å². The van der Waals surface area contributed by atoms with E-state index in [1.165, 1.54) is 10.6 Å². The number of aromatic nitrogens is 2. The number of sulfonamides is 1. The van der Waals surface area contributed by atoms with Crippen LogP contribution in [-0.2, 0) is 27.8 Å². The minimum atomic E-state index is -3.35. The molecule has 11 heteroatoms. The molecule has 4 rings (SSSR count). The zero-order chi connectivity index (χ0) is 22.9. The van der Waals surface area contributed by atoms with Gasteiger partial charge >= 0.3 is 6.03 Å². The highest BCUT2D eigenvalue weighted by molar-refractivity contribution is 7.88. The molecule has 0 unspecified atom stereocenters. The third-order valence-electron chi connectivity index (χ3n) is 5.58. The quantitative estimate of drug-likeness (QED) is 0.699. The normalized spacial score (nSPS) is 19.0.